The molecule has 0 fully saturated rings. The fraction of sp³-hybridized carbons (Fsp3) is 0.857. The number of hydrogen-bond donors (Lipinski definition) is 1. The number of halogens is 3. The van der Waals surface area contributed by atoms with Crippen LogP contribution in [0, 0.1) is 0 Å². The molecule has 0 amide bonds. The van der Waals surface area contributed by atoms with E-state index >= 15 is 0 Å². The van der Waals surface area contributed by atoms with E-state index in [-0.39, 0.29) is 5.75 Å². The van der Waals surface area contributed by atoms with Crippen molar-refractivity contribution < 1.29 is 22.7 Å². The Labute approximate surface area is 84.2 Å². The number of thioether (sulfide) groups is 1. The standard InChI is InChI=1S/C7H12F3NO2S/c1-4(11)6(7(8,9)10)14-3-5(12)13-2/h4,6H,3,11H2,1-2H3. The predicted octanol–water partition coefficient (Wildman–Crippen LogP) is 1.17. The summed E-state index contributed by atoms with van der Waals surface area (Å²) in [5.74, 6) is -1.03. The summed E-state index contributed by atoms with van der Waals surface area (Å²) in [5, 5.41) is -1.73. The van der Waals surface area contributed by atoms with Gasteiger partial charge in [0.1, 0.15) is 5.25 Å². The summed E-state index contributed by atoms with van der Waals surface area (Å²) < 4.78 is 41.0. The van der Waals surface area contributed by atoms with E-state index in [0.29, 0.717) is 11.8 Å². The lowest BCUT2D eigenvalue weighted by molar-refractivity contribution is -0.137. The van der Waals surface area contributed by atoms with E-state index in [0.717, 1.165) is 7.11 Å². The van der Waals surface area contributed by atoms with Crippen molar-refractivity contribution in [3.63, 3.8) is 0 Å². The molecule has 3 nitrogen and oxygen atoms in total. The lowest BCUT2D eigenvalue weighted by Crippen LogP contribution is -2.41. The molecule has 7 heteroatoms. The third-order valence-corrected chi connectivity index (χ3v) is 2.87. The van der Waals surface area contributed by atoms with Gasteiger partial charge in [-0.15, -0.1) is 11.8 Å². The Bertz CT molecular complexity index is 196. The molecule has 14 heavy (non-hydrogen) atoms. The topological polar surface area (TPSA) is 52.3 Å². The van der Waals surface area contributed by atoms with Crippen molar-refractivity contribution >= 4 is 17.7 Å². The number of hydrogen-bond acceptors (Lipinski definition) is 4. The molecule has 2 unspecified atom stereocenters. The molecule has 0 aliphatic carbocycles. The quantitative estimate of drug-likeness (QED) is 0.738. The minimum atomic E-state index is -4.40. The van der Waals surface area contributed by atoms with Gasteiger partial charge in [-0.3, -0.25) is 4.79 Å². The van der Waals surface area contributed by atoms with E-state index < -0.39 is 23.4 Å². The summed E-state index contributed by atoms with van der Waals surface area (Å²) in [6.45, 7) is 1.25. The third kappa shape index (κ3) is 4.71. The maximum absolute atomic E-state index is 12.3. The Morgan fingerprint density at radius 3 is 2.36 bits per heavy atom. The average Bonchev–Trinajstić information content (AvgIpc) is 2.01. The van der Waals surface area contributed by atoms with Crippen LogP contribution in [-0.2, 0) is 9.53 Å². The van der Waals surface area contributed by atoms with Crippen molar-refractivity contribution in [2.75, 3.05) is 12.9 Å². The Morgan fingerprint density at radius 2 is 2.07 bits per heavy atom. The smallest absolute Gasteiger partial charge is 0.402 e. The van der Waals surface area contributed by atoms with E-state index in [9.17, 15) is 18.0 Å². The molecule has 0 rings (SSSR count). The van der Waals surface area contributed by atoms with Crippen LogP contribution in [0.4, 0.5) is 13.2 Å². The average molecular weight is 231 g/mol. The molecule has 84 valence electrons. The highest BCUT2D eigenvalue weighted by Crippen LogP contribution is 2.32. The minimum absolute atomic E-state index is 0.345. The number of carbonyl (C=O) groups is 1. The van der Waals surface area contributed by atoms with E-state index in [1.54, 1.807) is 0 Å². The predicted molar refractivity (Wildman–Crippen MR) is 48.0 cm³/mol. The first-order valence-electron chi connectivity index (χ1n) is 3.79. The number of esters is 1. The molecule has 0 saturated carbocycles. The second-order valence-corrected chi connectivity index (χ2v) is 3.84. The van der Waals surface area contributed by atoms with Gasteiger partial charge < -0.3 is 10.5 Å². The van der Waals surface area contributed by atoms with Gasteiger partial charge in [-0.1, -0.05) is 0 Å². The summed E-state index contributed by atoms with van der Waals surface area (Å²) in [4.78, 5) is 10.6. The van der Waals surface area contributed by atoms with Crippen LogP contribution in [-0.4, -0.2) is 36.3 Å². The number of carbonyl (C=O) groups excluding carboxylic acids is 1. The first-order valence-corrected chi connectivity index (χ1v) is 4.84. The molecule has 2 N–H and O–H groups in total. The zero-order valence-corrected chi connectivity index (χ0v) is 8.61. The maximum atomic E-state index is 12.3. The van der Waals surface area contributed by atoms with E-state index in [1.165, 1.54) is 6.92 Å². The van der Waals surface area contributed by atoms with Crippen molar-refractivity contribution in [3.05, 3.63) is 0 Å². The van der Waals surface area contributed by atoms with Gasteiger partial charge in [-0.25, -0.2) is 0 Å². The maximum Gasteiger partial charge on any atom is 0.402 e. The number of methoxy groups -OCH3 is 1. The van der Waals surface area contributed by atoms with Crippen molar-refractivity contribution in [1.82, 2.24) is 0 Å². The van der Waals surface area contributed by atoms with E-state index in [2.05, 4.69) is 4.74 Å². The van der Waals surface area contributed by atoms with Crippen molar-refractivity contribution in [1.29, 1.82) is 0 Å². The SMILES string of the molecule is COC(=O)CSC(C(C)N)C(F)(F)F. The molecule has 0 radical (unpaired) electrons. The lowest BCUT2D eigenvalue weighted by atomic mass is 10.2. The molecule has 2 atom stereocenters. The summed E-state index contributed by atoms with van der Waals surface area (Å²) in [6.07, 6.45) is -4.40. The Kier molecular flexibility index (Phi) is 5.28. The van der Waals surface area contributed by atoms with Crippen LogP contribution < -0.4 is 5.73 Å². The van der Waals surface area contributed by atoms with Gasteiger partial charge in [0.05, 0.1) is 12.9 Å². The van der Waals surface area contributed by atoms with Gasteiger partial charge in [0, 0.05) is 6.04 Å². The summed E-state index contributed by atoms with van der Waals surface area (Å²) in [5.41, 5.74) is 5.16. The van der Waals surface area contributed by atoms with Crippen LogP contribution in [0.2, 0.25) is 0 Å². The lowest BCUT2D eigenvalue weighted by Gasteiger charge is -2.22. The zero-order chi connectivity index (χ0) is 11.4. The Morgan fingerprint density at radius 1 is 1.57 bits per heavy atom. The Hall–Kier alpha value is -0.430. The number of rotatable bonds is 4. The summed E-state index contributed by atoms with van der Waals surface area (Å²) >= 11 is 0.445. The molecular weight excluding hydrogens is 219 g/mol. The van der Waals surface area contributed by atoms with Crippen LogP contribution >= 0.6 is 11.8 Å². The fourth-order valence-electron chi connectivity index (χ4n) is 0.761. The number of ether oxygens (including phenoxy) is 1. The molecule has 0 aliphatic heterocycles. The third-order valence-electron chi connectivity index (χ3n) is 1.41. The largest absolute Gasteiger partial charge is 0.468 e. The highest BCUT2D eigenvalue weighted by molar-refractivity contribution is 8.00. The summed E-state index contributed by atoms with van der Waals surface area (Å²) in [7, 11) is 1.12. The molecular formula is C7H12F3NO2S. The highest BCUT2D eigenvalue weighted by atomic mass is 32.2. The molecule has 0 aromatic heterocycles. The van der Waals surface area contributed by atoms with Gasteiger partial charge in [0.15, 0.2) is 0 Å². The second kappa shape index (κ2) is 5.45. The van der Waals surface area contributed by atoms with Crippen molar-refractivity contribution in [3.8, 4) is 0 Å². The van der Waals surface area contributed by atoms with Gasteiger partial charge in [0.25, 0.3) is 0 Å². The normalized spacial score (nSPS) is 16.1. The molecule has 0 bridgehead atoms. The van der Waals surface area contributed by atoms with Gasteiger partial charge in [-0.2, -0.15) is 13.2 Å². The number of alkyl halides is 3. The van der Waals surface area contributed by atoms with Crippen molar-refractivity contribution in [2.24, 2.45) is 5.73 Å². The molecule has 0 aromatic rings. The van der Waals surface area contributed by atoms with Gasteiger partial charge in [-0.05, 0) is 6.92 Å². The zero-order valence-electron chi connectivity index (χ0n) is 7.80. The van der Waals surface area contributed by atoms with Crippen LogP contribution in [0.5, 0.6) is 0 Å². The van der Waals surface area contributed by atoms with E-state index in [1.807, 2.05) is 0 Å². The second-order valence-electron chi connectivity index (χ2n) is 2.71. The van der Waals surface area contributed by atoms with Gasteiger partial charge in [0.2, 0.25) is 0 Å². The van der Waals surface area contributed by atoms with Crippen LogP contribution in [0.3, 0.4) is 0 Å². The first-order chi connectivity index (χ1) is 6.29. The van der Waals surface area contributed by atoms with Crippen molar-refractivity contribution in [2.45, 2.75) is 24.4 Å². The van der Waals surface area contributed by atoms with Crippen LogP contribution in [0.1, 0.15) is 6.92 Å². The highest BCUT2D eigenvalue weighted by Gasteiger charge is 2.42. The molecule has 0 heterocycles. The monoisotopic (exact) mass is 231 g/mol. The van der Waals surface area contributed by atoms with E-state index in [4.69, 9.17) is 5.73 Å². The van der Waals surface area contributed by atoms with Crippen LogP contribution in [0.25, 0.3) is 0 Å². The summed E-state index contributed by atoms with van der Waals surface area (Å²) in [6, 6.07) is -1.05. The Balaban J connectivity index is 4.19. The van der Waals surface area contributed by atoms with Gasteiger partial charge >= 0.3 is 12.1 Å². The number of nitrogens with two attached hydrogens (primary N) is 1. The molecule has 0 aromatic carbocycles. The molecule has 0 saturated heterocycles. The molecule has 0 aliphatic rings. The first kappa shape index (κ1) is 13.6. The minimum Gasteiger partial charge on any atom is -0.468 e. The fourth-order valence-corrected chi connectivity index (χ4v) is 1.69. The molecule has 0 spiro atoms. The van der Waals surface area contributed by atoms with Crippen LogP contribution in [0.15, 0.2) is 0 Å².